The van der Waals surface area contributed by atoms with Crippen LogP contribution in [0.2, 0.25) is 0 Å². The normalized spacial score (nSPS) is 23.9. The van der Waals surface area contributed by atoms with Gasteiger partial charge >= 0.3 is 0 Å². The maximum Gasteiger partial charge on any atom is 0.237 e. The zero-order valence-corrected chi connectivity index (χ0v) is 15.6. The van der Waals surface area contributed by atoms with Crippen LogP contribution < -0.4 is 10.6 Å². The summed E-state index contributed by atoms with van der Waals surface area (Å²) in [7, 11) is 0. The molecule has 1 aromatic heterocycles. The molecular weight excluding hydrogens is 340 g/mol. The minimum Gasteiger partial charge on any atom is -0.506 e. The van der Waals surface area contributed by atoms with Gasteiger partial charge < -0.3 is 15.7 Å². The molecule has 3 heterocycles. The van der Waals surface area contributed by atoms with Gasteiger partial charge in [-0.3, -0.25) is 14.7 Å². The third-order valence-corrected chi connectivity index (χ3v) is 5.01. The Morgan fingerprint density at radius 1 is 1.40 bits per heavy atom. The van der Waals surface area contributed by atoms with Crippen molar-refractivity contribution in [1.29, 1.82) is 0 Å². The Kier molecular flexibility index (Phi) is 7.47. The summed E-state index contributed by atoms with van der Waals surface area (Å²) in [6.07, 6.45) is 4.29. The van der Waals surface area contributed by atoms with E-state index in [1.54, 1.807) is 6.07 Å². The van der Waals surface area contributed by atoms with Crippen LogP contribution in [0.5, 0.6) is 5.75 Å². The largest absolute Gasteiger partial charge is 0.506 e. The van der Waals surface area contributed by atoms with Gasteiger partial charge in [0.05, 0.1) is 11.7 Å². The molecule has 1 aromatic rings. The van der Waals surface area contributed by atoms with Crippen molar-refractivity contribution in [3.63, 3.8) is 0 Å². The zero-order chi connectivity index (χ0) is 16.9. The summed E-state index contributed by atoms with van der Waals surface area (Å²) in [5.74, 6) is 0.877. The van der Waals surface area contributed by atoms with E-state index in [1.807, 2.05) is 13.0 Å². The maximum absolute atomic E-state index is 12.1. The number of likely N-dealkylation sites (tertiary alicyclic amines) is 1. The second kappa shape index (κ2) is 9.36. The lowest BCUT2D eigenvalue weighted by Crippen LogP contribution is -2.45. The maximum atomic E-state index is 12.1. The lowest BCUT2D eigenvalue weighted by molar-refractivity contribution is -0.123. The van der Waals surface area contributed by atoms with Gasteiger partial charge in [-0.1, -0.05) is 0 Å². The van der Waals surface area contributed by atoms with Crippen molar-refractivity contribution in [2.24, 2.45) is 5.92 Å². The van der Waals surface area contributed by atoms with Crippen molar-refractivity contribution >= 4 is 18.3 Å². The van der Waals surface area contributed by atoms with Gasteiger partial charge in [-0.05, 0) is 63.7 Å². The molecule has 7 heteroatoms. The van der Waals surface area contributed by atoms with Crippen molar-refractivity contribution < 1.29 is 9.90 Å². The Labute approximate surface area is 155 Å². The Morgan fingerprint density at radius 2 is 2.24 bits per heavy atom. The molecule has 140 valence electrons. The van der Waals surface area contributed by atoms with E-state index in [0.717, 1.165) is 63.3 Å². The van der Waals surface area contributed by atoms with Crippen molar-refractivity contribution in [2.75, 3.05) is 26.2 Å². The fourth-order valence-electron chi connectivity index (χ4n) is 3.67. The third kappa shape index (κ3) is 5.56. The number of aromatic nitrogens is 1. The van der Waals surface area contributed by atoms with E-state index >= 15 is 0 Å². The van der Waals surface area contributed by atoms with Crippen LogP contribution in [-0.4, -0.2) is 53.1 Å². The lowest BCUT2D eigenvalue weighted by Gasteiger charge is -2.32. The van der Waals surface area contributed by atoms with Crippen LogP contribution in [0, 0.1) is 12.8 Å². The molecule has 6 nitrogen and oxygen atoms in total. The number of nitrogens with zero attached hydrogens (tertiary/aromatic N) is 2. The molecule has 0 saturated carbocycles. The summed E-state index contributed by atoms with van der Waals surface area (Å²) in [5.41, 5.74) is 1.67. The first-order valence-corrected chi connectivity index (χ1v) is 9.01. The van der Waals surface area contributed by atoms with Crippen molar-refractivity contribution in [3.8, 4) is 5.75 Å². The predicted molar refractivity (Wildman–Crippen MR) is 99.9 cm³/mol. The van der Waals surface area contributed by atoms with Crippen LogP contribution in [0.3, 0.4) is 0 Å². The van der Waals surface area contributed by atoms with Gasteiger partial charge in [0.25, 0.3) is 0 Å². The monoisotopic (exact) mass is 368 g/mol. The highest BCUT2D eigenvalue weighted by Gasteiger charge is 2.25. The number of halogens is 1. The number of piperidine rings is 1. The fourth-order valence-corrected chi connectivity index (χ4v) is 3.67. The molecule has 0 aromatic carbocycles. The number of amides is 1. The van der Waals surface area contributed by atoms with Gasteiger partial charge in [0.15, 0.2) is 0 Å². The number of aromatic hydroxyl groups is 1. The molecule has 25 heavy (non-hydrogen) atoms. The van der Waals surface area contributed by atoms with Crippen LogP contribution in [0.1, 0.15) is 37.1 Å². The van der Waals surface area contributed by atoms with E-state index in [4.69, 9.17) is 0 Å². The molecule has 2 unspecified atom stereocenters. The first-order chi connectivity index (χ1) is 11.6. The van der Waals surface area contributed by atoms with E-state index in [-0.39, 0.29) is 30.1 Å². The Morgan fingerprint density at radius 3 is 3.00 bits per heavy atom. The highest BCUT2D eigenvalue weighted by molar-refractivity contribution is 5.85. The smallest absolute Gasteiger partial charge is 0.237 e. The first-order valence-electron chi connectivity index (χ1n) is 9.01. The molecule has 2 aliphatic rings. The predicted octanol–water partition coefficient (Wildman–Crippen LogP) is 1.60. The van der Waals surface area contributed by atoms with Crippen LogP contribution in [0.4, 0.5) is 0 Å². The Hall–Kier alpha value is -1.37. The lowest BCUT2D eigenvalue weighted by atomic mass is 9.97. The molecule has 3 N–H and O–H groups in total. The molecule has 2 aliphatic heterocycles. The van der Waals surface area contributed by atoms with E-state index in [9.17, 15) is 9.90 Å². The Balaban J connectivity index is 0.00000225. The van der Waals surface area contributed by atoms with E-state index in [1.165, 1.54) is 0 Å². The molecule has 1 amide bonds. The standard InChI is InChI=1S/C18H28N4O2.ClH/c1-13-6-7-17(23)16(21-13)12-22-9-3-4-14(11-22)10-20-18(24)15-5-2-8-19-15;/h6-7,14-15,19,23H,2-5,8-12H2,1H3,(H,20,24);1H. The SMILES string of the molecule is Cc1ccc(O)c(CN2CCCC(CNC(=O)C3CCCN3)C2)n1.Cl. The molecule has 0 spiro atoms. The van der Waals surface area contributed by atoms with E-state index in [0.29, 0.717) is 12.5 Å². The average molecular weight is 369 g/mol. The first kappa shape index (κ1) is 19.9. The second-order valence-corrected chi connectivity index (χ2v) is 7.06. The molecule has 0 aliphatic carbocycles. The second-order valence-electron chi connectivity index (χ2n) is 7.06. The van der Waals surface area contributed by atoms with Crippen LogP contribution in [0.15, 0.2) is 12.1 Å². The number of pyridine rings is 1. The molecule has 2 saturated heterocycles. The summed E-state index contributed by atoms with van der Waals surface area (Å²) in [6.45, 7) is 6.25. The number of carbonyl (C=O) groups is 1. The highest BCUT2D eigenvalue weighted by atomic mass is 35.5. The quantitative estimate of drug-likeness (QED) is 0.735. The average Bonchev–Trinajstić information content (AvgIpc) is 3.11. The zero-order valence-electron chi connectivity index (χ0n) is 14.8. The van der Waals surface area contributed by atoms with E-state index in [2.05, 4.69) is 20.5 Å². The molecule has 2 fully saturated rings. The molecule has 0 bridgehead atoms. The van der Waals surface area contributed by atoms with Gasteiger partial charge in [-0.2, -0.15) is 0 Å². The van der Waals surface area contributed by atoms with Crippen molar-refractivity contribution in [3.05, 3.63) is 23.5 Å². The van der Waals surface area contributed by atoms with Crippen molar-refractivity contribution in [1.82, 2.24) is 20.5 Å². The number of aryl methyl sites for hydroxylation is 1. The van der Waals surface area contributed by atoms with Gasteiger partial charge in [-0.25, -0.2) is 0 Å². The summed E-state index contributed by atoms with van der Waals surface area (Å²) in [5, 5.41) is 16.3. The van der Waals surface area contributed by atoms with Crippen LogP contribution in [0.25, 0.3) is 0 Å². The van der Waals surface area contributed by atoms with E-state index < -0.39 is 0 Å². The van der Waals surface area contributed by atoms with Gasteiger partial charge in [-0.15, -0.1) is 12.4 Å². The molecule has 0 radical (unpaired) electrons. The topological polar surface area (TPSA) is 77.5 Å². The summed E-state index contributed by atoms with van der Waals surface area (Å²) < 4.78 is 0. The minimum absolute atomic E-state index is 0. The summed E-state index contributed by atoms with van der Waals surface area (Å²) in [4.78, 5) is 18.9. The number of hydrogen-bond acceptors (Lipinski definition) is 5. The number of rotatable bonds is 5. The van der Waals surface area contributed by atoms with Gasteiger partial charge in [0.1, 0.15) is 5.75 Å². The number of nitrogens with one attached hydrogen (secondary N) is 2. The number of carbonyl (C=O) groups excluding carboxylic acids is 1. The molecule has 3 rings (SSSR count). The fraction of sp³-hybridized carbons (Fsp3) is 0.667. The van der Waals surface area contributed by atoms with Gasteiger partial charge in [0, 0.05) is 25.3 Å². The van der Waals surface area contributed by atoms with Crippen molar-refractivity contribution in [2.45, 2.75) is 45.2 Å². The number of hydrogen-bond donors (Lipinski definition) is 3. The molecular formula is C18H29ClN4O2. The van der Waals surface area contributed by atoms with Crippen LogP contribution in [-0.2, 0) is 11.3 Å². The van der Waals surface area contributed by atoms with Gasteiger partial charge in [0.2, 0.25) is 5.91 Å². The van der Waals surface area contributed by atoms with Crippen LogP contribution >= 0.6 is 12.4 Å². The Bertz CT molecular complexity index is 578. The third-order valence-electron chi connectivity index (χ3n) is 5.01. The highest BCUT2D eigenvalue weighted by Crippen LogP contribution is 2.21. The summed E-state index contributed by atoms with van der Waals surface area (Å²) in [6, 6.07) is 3.54. The summed E-state index contributed by atoms with van der Waals surface area (Å²) >= 11 is 0. The minimum atomic E-state index is -0.00173. The molecule has 2 atom stereocenters.